The van der Waals surface area contributed by atoms with Crippen molar-refractivity contribution in [3.05, 3.63) is 35.1 Å². The number of pyridine rings is 1. The second-order valence-electron chi connectivity index (χ2n) is 7.03. The standard InChI is InChI=1S/C16H20N4O2S.C2HF3O2/c1-12-18-19-15(23-12)20-10-16(11-20)14(4-7-22-16)9-21-8-13-2-5-17-6-3-13;3-2(4,5)1(6)7/h2-3,5-6,14H,4,7-11H2,1H3;(H,6,7). The van der Waals surface area contributed by atoms with Gasteiger partial charge in [0.15, 0.2) is 0 Å². The van der Waals surface area contributed by atoms with Gasteiger partial charge >= 0.3 is 12.1 Å². The molecule has 2 aromatic rings. The number of carboxylic acid groups (broad SMARTS) is 1. The smallest absolute Gasteiger partial charge is 0.475 e. The molecule has 2 aromatic heterocycles. The average Bonchev–Trinajstić information content (AvgIpc) is 3.27. The van der Waals surface area contributed by atoms with Crippen molar-refractivity contribution < 1.29 is 32.5 Å². The number of ether oxygens (including phenoxy) is 2. The van der Waals surface area contributed by atoms with Gasteiger partial charge in [0, 0.05) is 24.9 Å². The minimum Gasteiger partial charge on any atom is -0.475 e. The summed E-state index contributed by atoms with van der Waals surface area (Å²) in [4.78, 5) is 15.2. The van der Waals surface area contributed by atoms with E-state index in [1.54, 1.807) is 23.7 Å². The molecule has 0 bridgehead atoms. The predicted octanol–water partition coefficient (Wildman–Crippen LogP) is 2.69. The number of hydrogen-bond acceptors (Lipinski definition) is 8. The van der Waals surface area contributed by atoms with Crippen molar-refractivity contribution in [1.82, 2.24) is 15.2 Å². The molecule has 1 N–H and O–H groups in total. The Hall–Kier alpha value is -2.31. The molecule has 164 valence electrons. The fourth-order valence-electron chi connectivity index (χ4n) is 3.32. The molecule has 8 nitrogen and oxygen atoms in total. The van der Waals surface area contributed by atoms with Crippen LogP contribution in [0.1, 0.15) is 17.0 Å². The van der Waals surface area contributed by atoms with E-state index in [-0.39, 0.29) is 5.60 Å². The Labute approximate surface area is 174 Å². The Morgan fingerprint density at radius 2 is 2.03 bits per heavy atom. The van der Waals surface area contributed by atoms with Gasteiger partial charge in [0.2, 0.25) is 5.13 Å². The lowest BCUT2D eigenvalue weighted by atomic mass is 9.81. The molecule has 0 radical (unpaired) electrons. The minimum atomic E-state index is -5.08. The molecule has 0 aliphatic carbocycles. The summed E-state index contributed by atoms with van der Waals surface area (Å²) in [7, 11) is 0. The highest BCUT2D eigenvalue weighted by Gasteiger charge is 2.53. The summed E-state index contributed by atoms with van der Waals surface area (Å²) < 4.78 is 43.7. The van der Waals surface area contributed by atoms with Gasteiger partial charge in [0.25, 0.3) is 0 Å². The number of aryl methyl sites for hydroxylation is 1. The SMILES string of the molecule is Cc1nnc(N2CC3(C2)OCCC3COCc2ccncc2)s1.O=C(O)C(F)(F)F. The van der Waals surface area contributed by atoms with Crippen LogP contribution in [0.5, 0.6) is 0 Å². The van der Waals surface area contributed by atoms with Crippen LogP contribution in [-0.2, 0) is 20.9 Å². The number of anilines is 1. The van der Waals surface area contributed by atoms with Crippen LogP contribution in [0.4, 0.5) is 18.3 Å². The van der Waals surface area contributed by atoms with Crippen LogP contribution in [-0.4, -0.2) is 64.3 Å². The molecule has 0 amide bonds. The third-order valence-electron chi connectivity index (χ3n) is 4.88. The average molecular weight is 446 g/mol. The molecule has 4 heterocycles. The third-order valence-corrected chi connectivity index (χ3v) is 5.78. The van der Waals surface area contributed by atoms with E-state index in [4.69, 9.17) is 19.4 Å². The monoisotopic (exact) mass is 446 g/mol. The number of carbonyl (C=O) groups is 1. The zero-order valence-electron chi connectivity index (χ0n) is 16.1. The predicted molar refractivity (Wildman–Crippen MR) is 101 cm³/mol. The van der Waals surface area contributed by atoms with E-state index in [9.17, 15) is 13.2 Å². The fourth-order valence-corrected chi connectivity index (χ4v) is 4.00. The van der Waals surface area contributed by atoms with Crippen LogP contribution in [0.3, 0.4) is 0 Å². The van der Waals surface area contributed by atoms with Gasteiger partial charge < -0.3 is 19.5 Å². The van der Waals surface area contributed by atoms with Gasteiger partial charge in [-0.1, -0.05) is 11.3 Å². The lowest BCUT2D eigenvalue weighted by molar-refractivity contribution is -0.192. The van der Waals surface area contributed by atoms with Crippen LogP contribution in [0, 0.1) is 12.8 Å². The summed E-state index contributed by atoms with van der Waals surface area (Å²) in [6.07, 6.45) is -0.418. The van der Waals surface area contributed by atoms with Crippen molar-refractivity contribution in [2.24, 2.45) is 5.92 Å². The highest BCUT2D eigenvalue weighted by atomic mass is 32.1. The fraction of sp³-hybridized carbons (Fsp3) is 0.556. The normalized spacial score (nSPS) is 19.9. The Kier molecular flexibility index (Phi) is 6.88. The molecule has 2 saturated heterocycles. The van der Waals surface area contributed by atoms with E-state index >= 15 is 0 Å². The van der Waals surface area contributed by atoms with E-state index in [0.717, 1.165) is 48.4 Å². The molecule has 2 aliphatic rings. The van der Waals surface area contributed by atoms with Crippen molar-refractivity contribution >= 4 is 22.4 Å². The van der Waals surface area contributed by atoms with Crippen molar-refractivity contribution in [2.45, 2.75) is 31.7 Å². The van der Waals surface area contributed by atoms with Crippen LogP contribution in [0.25, 0.3) is 0 Å². The van der Waals surface area contributed by atoms with Crippen molar-refractivity contribution in [2.75, 3.05) is 31.2 Å². The maximum atomic E-state index is 10.6. The Morgan fingerprint density at radius 1 is 1.37 bits per heavy atom. The number of nitrogens with zero attached hydrogens (tertiary/aromatic N) is 4. The van der Waals surface area contributed by atoms with Gasteiger partial charge in [-0.2, -0.15) is 13.2 Å². The van der Waals surface area contributed by atoms with Crippen LogP contribution in [0.2, 0.25) is 0 Å². The third kappa shape index (κ3) is 5.43. The molecular weight excluding hydrogens is 425 g/mol. The largest absolute Gasteiger partial charge is 0.490 e. The molecule has 0 aromatic carbocycles. The first kappa shape index (κ1) is 22.4. The molecule has 2 aliphatic heterocycles. The topological polar surface area (TPSA) is 97.7 Å². The number of rotatable bonds is 5. The molecular formula is C18H21F3N4O4S. The van der Waals surface area contributed by atoms with Gasteiger partial charge in [-0.3, -0.25) is 4.98 Å². The Bertz CT molecular complexity index is 843. The highest BCUT2D eigenvalue weighted by Crippen LogP contribution is 2.42. The summed E-state index contributed by atoms with van der Waals surface area (Å²) in [5.74, 6) is -2.30. The number of carboxylic acids is 1. The van der Waals surface area contributed by atoms with E-state index in [2.05, 4.69) is 20.1 Å². The molecule has 4 rings (SSSR count). The van der Waals surface area contributed by atoms with Gasteiger partial charge in [0.05, 0.1) is 26.3 Å². The summed E-state index contributed by atoms with van der Waals surface area (Å²) in [5, 5.41) is 17.4. The molecule has 1 unspecified atom stereocenters. The Morgan fingerprint density at radius 3 is 2.60 bits per heavy atom. The highest BCUT2D eigenvalue weighted by molar-refractivity contribution is 7.15. The van der Waals surface area contributed by atoms with E-state index < -0.39 is 12.1 Å². The van der Waals surface area contributed by atoms with E-state index in [1.807, 2.05) is 19.1 Å². The summed E-state index contributed by atoms with van der Waals surface area (Å²) in [6.45, 7) is 5.97. The van der Waals surface area contributed by atoms with Gasteiger partial charge in [-0.25, -0.2) is 4.79 Å². The molecule has 2 fully saturated rings. The van der Waals surface area contributed by atoms with Gasteiger partial charge in [0.1, 0.15) is 10.6 Å². The van der Waals surface area contributed by atoms with Gasteiger partial charge in [-0.15, -0.1) is 10.2 Å². The second kappa shape index (κ2) is 9.23. The first-order valence-electron chi connectivity index (χ1n) is 9.15. The van der Waals surface area contributed by atoms with Crippen molar-refractivity contribution in [1.29, 1.82) is 0 Å². The zero-order valence-corrected chi connectivity index (χ0v) is 16.9. The number of aromatic nitrogens is 3. The second-order valence-corrected chi connectivity index (χ2v) is 8.19. The quantitative estimate of drug-likeness (QED) is 0.749. The van der Waals surface area contributed by atoms with Crippen LogP contribution in [0.15, 0.2) is 24.5 Å². The number of halogens is 3. The molecule has 1 atom stereocenters. The maximum absolute atomic E-state index is 10.6. The molecule has 30 heavy (non-hydrogen) atoms. The lowest BCUT2D eigenvalue weighted by Crippen LogP contribution is -2.65. The Balaban J connectivity index is 0.000000318. The number of aliphatic carboxylic acids is 1. The van der Waals surface area contributed by atoms with Crippen molar-refractivity contribution in [3.63, 3.8) is 0 Å². The summed E-state index contributed by atoms with van der Waals surface area (Å²) in [6, 6.07) is 3.98. The number of hydrogen-bond donors (Lipinski definition) is 1. The molecule has 0 saturated carbocycles. The van der Waals surface area contributed by atoms with Crippen LogP contribution >= 0.6 is 11.3 Å². The van der Waals surface area contributed by atoms with Gasteiger partial charge in [-0.05, 0) is 31.0 Å². The first-order chi connectivity index (χ1) is 14.2. The van der Waals surface area contributed by atoms with E-state index in [1.165, 1.54) is 0 Å². The minimum absolute atomic E-state index is 0.0577. The maximum Gasteiger partial charge on any atom is 0.490 e. The molecule has 12 heteroatoms. The lowest BCUT2D eigenvalue weighted by Gasteiger charge is -2.49. The van der Waals surface area contributed by atoms with E-state index in [0.29, 0.717) is 12.5 Å². The number of alkyl halides is 3. The summed E-state index contributed by atoms with van der Waals surface area (Å²) >= 11 is 1.64. The summed E-state index contributed by atoms with van der Waals surface area (Å²) in [5.41, 5.74) is 1.10. The first-order valence-corrected chi connectivity index (χ1v) is 9.97. The molecule has 1 spiro atoms. The zero-order chi connectivity index (χ0) is 21.8. The van der Waals surface area contributed by atoms with Crippen molar-refractivity contribution in [3.8, 4) is 0 Å². The van der Waals surface area contributed by atoms with Crippen LogP contribution < -0.4 is 4.90 Å².